The van der Waals surface area contributed by atoms with Gasteiger partial charge in [-0.05, 0) is 18.8 Å². The fourth-order valence-electron chi connectivity index (χ4n) is 1.91. The van der Waals surface area contributed by atoms with Gasteiger partial charge in [-0.3, -0.25) is 0 Å². The van der Waals surface area contributed by atoms with Crippen molar-refractivity contribution >= 4 is 0 Å². The van der Waals surface area contributed by atoms with E-state index < -0.39 is 0 Å². The molecule has 2 heteroatoms. The number of rotatable bonds is 3. The van der Waals surface area contributed by atoms with Crippen LogP contribution in [-0.2, 0) is 9.47 Å². The van der Waals surface area contributed by atoms with Crippen LogP contribution in [0.3, 0.4) is 0 Å². The molecule has 0 radical (unpaired) electrons. The maximum atomic E-state index is 5.75. The van der Waals surface area contributed by atoms with Gasteiger partial charge in [0.1, 0.15) is 0 Å². The SMILES string of the molecule is CCOC1C[C@@H](C)[C@H](C(C)C)O1. The van der Waals surface area contributed by atoms with Crippen molar-refractivity contribution < 1.29 is 9.47 Å². The molecule has 0 aromatic carbocycles. The van der Waals surface area contributed by atoms with Gasteiger partial charge >= 0.3 is 0 Å². The predicted octanol–water partition coefficient (Wildman–Crippen LogP) is 2.43. The zero-order chi connectivity index (χ0) is 9.14. The summed E-state index contributed by atoms with van der Waals surface area (Å²) >= 11 is 0. The molecule has 72 valence electrons. The molecule has 0 amide bonds. The first kappa shape index (κ1) is 10.0. The standard InChI is InChI=1S/C10H20O2/c1-5-11-9-6-8(4)10(12-9)7(2)3/h7-10H,5-6H2,1-4H3/t8-,9?,10+/m1/s1. The lowest BCUT2D eigenvalue weighted by Crippen LogP contribution is -2.21. The summed E-state index contributed by atoms with van der Waals surface area (Å²) in [5.41, 5.74) is 0. The molecule has 0 N–H and O–H groups in total. The van der Waals surface area contributed by atoms with Gasteiger partial charge in [0, 0.05) is 13.0 Å². The average molecular weight is 172 g/mol. The van der Waals surface area contributed by atoms with Gasteiger partial charge in [0.25, 0.3) is 0 Å². The normalized spacial score (nSPS) is 36.2. The molecule has 1 heterocycles. The fraction of sp³-hybridized carbons (Fsp3) is 1.00. The molecular formula is C10H20O2. The van der Waals surface area contributed by atoms with Crippen LogP contribution in [0.5, 0.6) is 0 Å². The van der Waals surface area contributed by atoms with E-state index in [1.807, 2.05) is 6.92 Å². The summed E-state index contributed by atoms with van der Waals surface area (Å²) in [6.07, 6.45) is 1.50. The van der Waals surface area contributed by atoms with Gasteiger partial charge in [0.05, 0.1) is 6.10 Å². The van der Waals surface area contributed by atoms with Gasteiger partial charge in [-0.25, -0.2) is 0 Å². The second kappa shape index (κ2) is 4.24. The molecule has 0 aliphatic carbocycles. The Kier molecular flexibility index (Phi) is 3.53. The van der Waals surface area contributed by atoms with E-state index in [9.17, 15) is 0 Å². The Bertz CT molecular complexity index is 134. The largest absolute Gasteiger partial charge is 0.353 e. The topological polar surface area (TPSA) is 18.5 Å². The Morgan fingerprint density at radius 1 is 1.50 bits per heavy atom. The van der Waals surface area contributed by atoms with Crippen LogP contribution in [0, 0.1) is 11.8 Å². The lowest BCUT2D eigenvalue weighted by atomic mass is 9.95. The molecule has 1 rings (SSSR count). The van der Waals surface area contributed by atoms with Crippen molar-refractivity contribution in [2.24, 2.45) is 11.8 Å². The zero-order valence-electron chi connectivity index (χ0n) is 8.54. The number of hydrogen-bond donors (Lipinski definition) is 0. The van der Waals surface area contributed by atoms with Crippen molar-refractivity contribution in [2.75, 3.05) is 6.61 Å². The highest BCUT2D eigenvalue weighted by Crippen LogP contribution is 2.31. The molecule has 3 atom stereocenters. The van der Waals surface area contributed by atoms with Crippen molar-refractivity contribution in [2.45, 2.75) is 46.5 Å². The summed E-state index contributed by atoms with van der Waals surface area (Å²) in [7, 11) is 0. The minimum absolute atomic E-state index is 0.0531. The highest BCUT2D eigenvalue weighted by atomic mass is 16.7. The third-order valence-corrected chi connectivity index (χ3v) is 2.44. The van der Waals surface area contributed by atoms with Crippen LogP contribution in [-0.4, -0.2) is 19.0 Å². The van der Waals surface area contributed by atoms with Gasteiger partial charge in [-0.15, -0.1) is 0 Å². The van der Waals surface area contributed by atoms with Crippen LogP contribution >= 0.6 is 0 Å². The van der Waals surface area contributed by atoms with Crippen molar-refractivity contribution in [1.29, 1.82) is 0 Å². The van der Waals surface area contributed by atoms with E-state index in [-0.39, 0.29) is 6.29 Å². The molecule has 1 fully saturated rings. The third-order valence-electron chi connectivity index (χ3n) is 2.44. The van der Waals surface area contributed by atoms with Crippen molar-refractivity contribution in [3.8, 4) is 0 Å². The number of ether oxygens (including phenoxy) is 2. The van der Waals surface area contributed by atoms with E-state index in [1.165, 1.54) is 0 Å². The number of hydrogen-bond acceptors (Lipinski definition) is 2. The maximum Gasteiger partial charge on any atom is 0.158 e. The first-order valence-electron chi connectivity index (χ1n) is 4.92. The van der Waals surface area contributed by atoms with Gasteiger partial charge in [0.2, 0.25) is 0 Å². The van der Waals surface area contributed by atoms with E-state index in [0.29, 0.717) is 17.9 Å². The van der Waals surface area contributed by atoms with E-state index in [0.717, 1.165) is 13.0 Å². The van der Waals surface area contributed by atoms with E-state index >= 15 is 0 Å². The summed E-state index contributed by atoms with van der Waals surface area (Å²) in [5.74, 6) is 1.24. The lowest BCUT2D eigenvalue weighted by Gasteiger charge is -2.18. The summed E-state index contributed by atoms with van der Waals surface area (Å²) < 4.78 is 11.2. The van der Waals surface area contributed by atoms with Gasteiger partial charge < -0.3 is 9.47 Å². The molecule has 12 heavy (non-hydrogen) atoms. The molecular weight excluding hydrogens is 152 g/mol. The zero-order valence-corrected chi connectivity index (χ0v) is 8.54. The molecule has 0 saturated carbocycles. The first-order valence-corrected chi connectivity index (χ1v) is 4.92. The van der Waals surface area contributed by atoms with Gasteiger partial charge in [-0.2, -0.15) is 0 Å². The minimum atomic E-state index is 0.0531. The van der Waals surface area contributed by atoms with Crippen LogP contribution in [0.25, 0.3) is 0 Å². The summed E-state index contributed by atoms with van der Waals surface area (Å²) in [6.45, 7) is 9.41. The van der Waals surface area contributed by atoms with Crippen LogP contribution in [0.4, 0.5) is 0 Å². The molecule has 1 saturated heterocycles. The van der Waals surface area contributed by atoms with Crippen molar-refractivity contribution in [1.82, 2.24) is 0 Å². The predicted molar refractivity (Wildman–Crippen MR) is 48.9 cm³/mol. The van der Waals surface area contributed by atoms with Gasteiger partial charge in [0.15, 0.2) is 6.29 Å². The lowest BCUT2D eigenvalue weighted by molar-refractivity contribution is -0.139. The molecule has 0 aromatic rings. The Balaban J connectivity index is 2.39. The molecule has 0 bridgehead atoms. The molecule has 0 aromatic heterocycles. The van der Waals surface area contributed by atoms with Gasteiger partial charge in [-0.1, -0.05) is 20.8 Å². The molecule has 1 aliphatic heterocycles. The van der Waals surface area contributed by atoms with Crippen molar-refractivity contribution in [3.05, 3.63) is 0 Å². The van der Waals surface area contributed by atoms with E-state index in [2.05, 4.69) is 20.8 Å². The van der Waals surface area contributed by atoms with Crippen LogP contribution < -0.4 is 0 Å². The van der Waals surface area contributed by atoms with Crippen LogP contribution in [0.15, 0.2) is 0 Å². The fourth-order valence-corrected chi connectivity index (χ4v) is 1.91. The Labute approximate surface area is 75.2 Å². The smallest absolute Gasteiger partial charge is 0.158 e. The highest BCUT2D eigenvalue weighted by molar-refractivity contribution is 4.77. The second-order valence-corrected chi connectivity index (χ2v) is 3.94. The quantitative estimate of drug-likeness (QED) is 0.651. The molecule has 1 unspecified atom stereocenters. The Morgan fingerprint density at radius 2 is 2.17 bits per heavy atom. The Morgan fingerprint density at radius 3 is 2.58 bits per heavy atom. The summed E-state index contributed by atoms with van der Waals surface area (Å²) in [4.78, 5) is 0. The monoisotopic (exact) mass is 172 g/mol. The minimum Gasteiger partial charge on any atom is -0.353 e. The summed E-state index contributed by atoms with van der Waals surface area (Å²) in [5, 5.41) is 0. The average Bonchev–Trinajstić information content (AvgIpc) is 2.32. The van der Waals surface area contributed by atoms with Crippen molar-refractivity contribution in [3.63, 3.8) is 0 Å². The second-order valence-electron chi connectivity index (χ2n) is 3.94. The van der Waals surface area contributed by atoms with Crippen LogP contribution in [0.1, 0.15) is 34.1 Å². The molecule has 2 nitrogen and oxygen atoms in total. The van der Waals surface area contributed by atoms with E-state index in [1.54, 1.807) is 0 Å². The highest BCUT2D eigenvalue weighted by Gasteiger charge is 2.34. The summed E-state index contributed by atoms with van der Waals surface area (Å²) in [6, 6.07) is 0. The third kappa shape index (κ3) is 2.20. The molecule has 0 spiro atoms. The van der Waals surface area contributed by atoms with E-state index in [4.69, 9.17) is 9.47 Å². The Hall–Kier alpha value is -0.0800. The maximum absolute atomic E-state index is 5.75. The molecule has 1 aliphatic rings. The van der Waals surface area contributed by atoms with Crippen LogP contribution in [0.2, 0.25) is 0 Å². The first-order chi connectivity index (χ1) is 5.65.